The van der Waals surface area contributed by atoms with Crippen LogP contribution in [0.1, 0.15) is 31.8 Å². The molecule has 0 bridgehead atoms. The number of amides is 1. The van der Waals surface area contributed by atoms with Gasteiger partial charge in [0.15, 0.2) is 24.7 Å². The monoisotopic (exact) mass is 527 g/mol. The fourth-order valence-corrected chi connectivity index (χ4v) is 4.78. The van der Waals surface area contributed by atoms with E-state index in [1.54, 1.807) is 24.4 Å². The molecule has 4 N–H and O–H groups in total. The van der Waals surface area contributed by atoms with Gasteiger partial charge in [-0.3, -0.25) is 9.78 Å². The number of thiophene rings is 1. The second-order valence-electron chi connectivity index (χ2n) is 8.06. The zero-order valence-electron chi connectivity index (χ0n) is 19.6. The maximum absolute atomic E-state index is 12.9. The van der Waals surface area contributed by atoms with Crippen LogP contribution in [-0.2, 0) is 22.6 Å². The number of carbonyl (C=O) groups is 3. The minimum Gasteiger partial charge on any atom is -0.482 e. The zero-order chi connectivity index (χ0) is 26.2. The Morgan fingerprint density at radius 3 is 2.57 bits per heavy atom. The van der Waals surface area contributed by atoms with Crippen molar-refractivity contribution in [2.24, 2.45) is 0 Å². The van der Waals surface area contributed by atoms with Gasteiger partial charge in [0, 0.05) is 24.2 Å². The van der Waals surface area contributed by atoms with Crippen molar-refractivity contribution in [1.29, 1.82) is 0 Å². The number of aliphatic carboxylic acids is 2. The smallest absolute Gasteiger partial charge is 0.341 e. The lowest BCUT2D eigenvalue weighted by Gasteiger charge is -2.21. The van der Waals surface area contributed by atoms with Crippen LogP contribution in [-0.4, -0.2) is 59.3 Å². The highest BCUT2D eigenvalue weighted by Gasteiger charge is 2.21. The third-order valence-corrected chi connectivity index (χ3v) is 6.60. The van der Waals surface area contributed by atoms with Gasteiger partial charge in [-0.1, -0.05) is 6.07 Å². The minimum atomic E-state index is -1.21. The summed E-state index contributed by atoms with van der Waals surface area (Å²) in [4.78, 5) is 40.8. The van der Waals surface area contributed by atoms with Crippen LogP contribution in [0.4, 0.5) is 0 Å². The normalized spacial score (nSPS) is 13.2. The number of benzene rings is 1. The van der Waals surface area contributed by atoms with Crippen molar-refractivity contribution in [3.8, 4) is 17.2 Å². The van der Waals surface area contributed by atoms with Crippen LogP contribution in [0.2, 0.25) is 0 Å². The van der Waals surface area contributed by atoms with Gasteiger partial charge < -0.3 is 35.1 Å². The number of carboxylic acid groups (broad SMARTS) is 2. The number of ether oxygens (including phenoxy) is 3. The molecule has 1 amide bonds. The molecular weight excluding hydrogens is 502 g/mol. The summed E-state index contributed by atoms with van der Waals surface area (Å²) in [6.45, 7) is 0.419. The number of hydrogen-bond acceptors (Lipinski definition) is 9. The number of aromatic nitrogens is 1. The first-order chi connectivity index (χ1) is 17.9. The zero-order valence-corrected chi connectivity index (χ0v) is 20.5. The van der Waals surface area contributed by atoms with Crippen molar-refractivity contribution in [3.05, 3.63) is 69.7 Å². The van der Waals surface area contributed by atoms with Gasteiger partial charge in [-0.05, 0) is 47.9 Å². The molecule has 0 radical (unpaired) electrons. The van der Waals surface area contributed by atoms with Gasteiger partial charge in [0.2, 0.25) is 0 Å². The molecular formula is C25H25N3O8S. The lowest BCUT2D eigenvalue weighted by atomic mass is 10.1. The molecule has 1 unspecified atom stereocenters. The lowest BCUT2D eigenvalue weighted by Crippen LogP contribution is -2.30. The SMILES string of the molecule is O=C(O)COc1ccc(C(CNC(=O)c2cc3c(s2)CCNC3)Oc2cccnc2)cc1OCC(=O)O. The number of hydrogen-bond donors (Lipinski definition) is 4. The molecule has 4 rings (SSSR count). The predicted octanol–water partition coefficient (Wildman–Crippen LogP) is 2.27. The molecule has 1 atom stereocenters. The molecule has 0 saturated heterocycles. The van der Waals surface area contributed by atoms with Gasteiger partial charge in [-0.2, -0.15) is 0 Å². The van der Waals surface area contributed by atoms with Crippen LogP contribution in [0, 0.1) is 0 Å². The third-order valence-electron chi connectivity index (χ3n) is 5.37. The van der Waals surface area contributed by atoms with Gasteiger partial charge in [-0.15, -0.1) is 11.3 Å². The Hall–Kier alpha value is -4.16. The standard InChI is InChI=1S/C25H25N3O8S/c29-23(30)13-34-18-4-3-15(8-19(18)35-14-24(31)32)20(36-17-2-1-6-26-11-17)12-28-25(33)22-9-16-10-27-7-5-21(16)37-22/h1-4,6,8-9,11,20,27H,5,7,10,12-14H2,(H,28,33)(H,29,30)(H,31,32). The highest BCUT2D eigenvalue weighted by atomic mass is 32.1. The molecule has 2 aromatic heterocycles. The van der Waals surface area contributed by atoms with Gasteiger partial charge >= 0.3 is 11.9 Å². The molecule has 3 heterocycles. The van der Waals surface area contributed by atoms with E-state index in [-0.39, 0.29) is 24.0 Å². The largest absolute Gasteiger partial charge is 0.482 e. The van der Waals surface area contributed by atoms with Gasteiger partial charge in [0.25, 0.3) is 5.91 Å². The summed E-state index contributed by atoms with van der Waals surface area (Å²) in [5, 5.41) is 24.2. The molecule has 1 aliphatic heterocycles. The van der Waals surface area contributed by atoms with Gasteiger partial charge in [0.1, 0.15) is 11.9 Å². The summed E-state index contributed by atoms with van der Waals surface area (Å²) in [5.74, 6) is -2.08. The number of carbonyl (C=O) groups excluding carboxylic acids is 1. The van der Waals surface area contributed by atoms with Crippen molar-refractivity contribution in [1.82, 2.24) is 15.6 Å². The van der Waals surface area contributed by atoms with Crippen molar-refractivity contribution in [3.63, 3.8) is 0 Å². The van der Waals surface area contributed by atoms with E-state index in [0.29, 0.717) is 16.2 Å². The summed E-state index contributed by atoms with van der Waals surface area (Å²) < 4.78 is 16.7. The van der Waals surface area contributed by atoms with Crippen LogP contribution in [0.15, 0.2) is 48.8 Å². The number of rotatable bonds is 12. The Bertz CT molecular complexity index is 1240. The van der Waals surface area contributed by atoms with Crippen LogP contribution >= 0.6 is 11.3 Å². The Kier molecular flexibility index (Phi) is 8.54. The van der Waals surface area contributed by atoms with Crippen molar-refractivity contribution in [2.45, 2.75) is 19.1 Å². The van der Waals surface area contributed by atoms with Crippen molar-refractivity contribution >= 4 is 29.2 Å². The van der Waals surface area contributed by atoms with E-state index in [1.807, 2.05) is 6.07 Å². The summed E-state index contributed by atoms with van der Waals surface area (Å²) in [6.07, 6.45) is 3.31. The molecule has 0 saturated carbocycles. The first-order valence-corrected chi connectivity index (χ1v) is 12.2. The molecule has 0 spiro atoms. The summed E-state index contributed by atoms with van der Waals surface area (Å²) in [6, 6.07) is 9.92. The number of nitrogens with one attached hydrogen (secondary N) is 2. The molecule has 1 aromatic carbocycles. The van der Waals surface area contributed by atoms with Crippen LogP contribution in [0.3, 0.4) is 0 Å². The summed E-state index contributed by atoms with van der Waals surface area (Å²) >= 11 is 1.47. The van der Waals surface area contributed by atoms with Crippen molar-refractivity contribution < 1.29 is 38.8 Å². The Morgan fingerprint density at radius 2 is 1.86 bits per heavy atom. The first-order valence-electron chi connectivity index (χ1n) is 11.4. The number of fused-ring (bicyclic) bond motifs is 1. The minimum absolute atomic E-state index is 0.0331. The van der Waals surface area contributed by atoms with Crippen LogP contribution < -0.4 is 24.8 Å². The maximum atomic E-state index is 12.9. The second-order valence-corrected chi connectivity index (χ2v) is 9.20. The quantitative estimate of drug-likeness (QED) is 0.275. The predicted molar refractivity (Wildman–Crippen MR) is 132 cm³/mol. The molecule has 194 valence electrons. The van der Waals surface area contributed by atoms with E-state index >= 15 is 0 Å². The van der Waals surface area contributed by atoms with E-state index in [2.05, 4.69) is 15.6 Å². The Labute approximate surface area is 216 Å². The number of carboxylic acids is 2. The van der Waals surface area contributed by atoms with E-state index in [0.717, 1.165) is 25.1 Å². The lowest BCUT2D eigenvalue weighted by molar-refractivity contribution is -0.140. The maximum Gasteiger partial charge on any atom is 0.341 e. The molecule has 1 aliphatic rings. The number of nitrogens with zero attached hydrogens (tertiary/aromatic N) is 1. The van der Waals surface area contributed by atoms with E-state index in [4.69, 9.17) is 24.4 Å². The highest BCUT2D eigenvalue weighted by Crippen LogP contribution is 2.32. The highest BCUT2D eigenvalue weighted by molar-refractivity contribution is 7.14. The topological polar surface area (TPSA) is 156 Å². The Morgan fingerprint density at radius 1 is 1.08 bits per heavy atom. The molecule has 37 heavy (non-hydrogen) atoms. The molecule has 11 nitrogen and oxygen atoms in total. The summed E-state index contributed by atoms with van der Waals surface area (Å²) in [7, 11) is 0. The average Bonchev–Trinajstić information content (AvgIpc) is 3.34. The molecule has 0 fully saturated rings. The van der Waals surface area contributed by atoms with Gasteiger partial charge in [0.05, 0.1) is 17.6 Å². The Balaban J connectivity index is 1.56. The average molecular weight is 528 g/mol. The van der Waals surface area contributed by atoms with Crippen molar-refractivity contribution in [2.75, 3.05) is 26.3 Å². The fourth-order valence-electron chi connectivity index (χ4n) is 3.68. The molecule has 0 aliphatic carbocycles. The van der Waals surface area contributed by atoms with Crippen LogP contribution in [0.25, 0.3) is 0 Å². The van der Waals surface area contributed by atoms with E-state index < -0.39 is 31.3 Å². The molecule has 3 aromatic rings. The first kappa shape index (κ1) is 25.9. The molecule has 12 heteroatoms. The van der Waals surface area contributed by atoms with E-state index in [9.17, 15) is 14.4 Å². The number of pyridine rings is 1. The second kappa shape index (κ2) is 12.2. The third kappa shape index (κ3) is 7.18. The van der Waals surface area contributed by atoms with E-state index in [1.165, 1.54) is 34.5 Å². The fraction of sp³-hybridized carbons (Fsp3) is 0.280. The van der Waals surface area contributed by atoms with Crippen LogP contribution in [0.5, 0.6) is 17.2 Å². The summed E-state index contributed by atoms with van der Waals surface area (Å²) in [5.41, 5.74) is 1.67. The van der Waals surface area contributed by atoms with Gasteiger partial charge in [-0.25, -0.2) is 9.59 Å².